The Labute approximate surface area is 197 Å². The summed E-state index contributed by atoms with van der Waals surface area (Å²) in [6.07, 6.45) is 0. The Morgan fingerprint density at radius 3 is 1.91 bits per heavy atom. The molecule has 33 heavy (non-hydrogen) atoms. The zero-order valence-corrected chi connectivity index (χ0v) is 18.8. The van der Waals surface area contributed by atoms with E-state index in [4.69, 9.17) is 5.73 Å². The van der Waals surface area contributed by atoms with E-state index in [1.807, 2.05) is 17.4 Å². The average Bonchev–Trinajstić information content (AvgIpc) is 3.24. The van der Waals surface area contributed by atoms with Crippen LogP contribution in [-0.2, 0) is 0 Å². The topological polar surface area (TPSA) is 29.3 Å². The van der Waals surface area contributed by atoms with Crippen molar-refractivity contribution in [2.45, 2.75) is 0 Å². The predicted molar refractivity (Wildman–Crippen MR) is 144 cm³/mol. The molecule has 0 spiro atoms. The van der Waals surface area contributed by atoms with Gasteiger partial charge in [-0.25, -0.2) is 0 Å². The molecule has 2 N–H and O–H groups in total. The summed E-state index contributed by atoms with van der Waals surface area (Å²) in [4.78, 5) is 2.31. The van der Waals surface area contributed by atoms with Crippen LogP contribution in [0.1, 0.15) is 0 Å². The van der Waals surface area contributed by atoms with Gasteiger partial charge in [0.2, 0.25) is 0 Å². The van der Waals surface area contributed by atoms with E-state index in [0.29, 0.717) is 0 Å². The third kappa shape index (κ3) is 3.53. The van der Waals surface area contributed by atoms with Crippen LogP contribution in [-0.4, -0.2) is 0 Å². The zero-order chi connectivity index (χ0) is 22.2. The van der Waals surface area contributed by atoms with E-state index < -0.39 is 0 Å². The van der Waals surface area contributed by atoms with Gasteiger partial charge in [0.15, 0.2) is 0 Å². The number of hydrogen-bond acceptors (Lipinski definition) is 3. The summed E-state index contributed by atoms with van der Waals surface area (Å²) in [5.41, 5.74) is 12.9. The zero-order valence-electron chi connectivity index (χ0n) is 18.0. The number of para-hydroxylation sites is 1. The number of nitrogens with two attached hydrogens (primary N) is 1. The summed E-state index contributed by atoms with van der Waals surface area (Å²) < 4.78 is 2.51. The van der Waals surface area contributed by atoms with Gasteiger partial charge in [0.1, 0.15) is 0 Å². The van der Waals surface area contributed by atoms with Crippen LogP contribution in [0.3, 0.4) is 0 Å². The fourth-order valence-corrected chi connectivity index (χ4v) is 5.62. The highest BCUT2D eigenvalue weighted by atomic mass is 32.1. The minimum Gasteiger partial charge on any atom is -0.399 e. The second-order valence-corrected chi connectivity index (χ2v) is 9.15. The fraction of sp³-hybridized carbons (Fsp3) is 0. The van der Waals surface area contributed by atoms with Crippen molar-refractivity contribution in [1.82, 2.24) is 0 Å². The largest absolute Gasteiger partial charge is 0.399 e. The van der Waals surface area contributed by atoms with Crippen LogP contribution in [0.2, 0.25) is 0 Å². The van der Waals surface area contributed by atoms with Crippen LogP contribution < -0.4 is 10.6 Å². The Hall–Kier alpha value is -4.08. The molecule has 0 atom stereocenters. The number of nitrogens with zero attached hydrogens (tertiary/aromatic N) is 1. The van der Waals surface area contributed by atoms with Gasteiger partial charge in [-0.05, 0) is 53.6 Å². The van der Waals surface area contributed by atoms with Gasteiger partial charge in [0.05, 0.1) is 10.4 Å². The van der Waals surface area contributed by atoms with Crippen LogP contribution >= 0.6 is 11.3 Å². The maximum absolute atomic E-state index is 6.45. The molecule has 0 saturated heterocycles. The van der Waals surface area contributed by atoms with E-state index in [9.17, 15) is 0 Å². The molecule has 0 amide bonds. The van der Waals surface area contributed by atoms with Gasteiger partial charge in [0.25, 0.3) is 0 Å². The van der Waals surface area contributed by atoms with Crippen molar-refractivity contribution in [3.63, 3.8) is 0 Å². The van der Waals surface area contributed by atoms with Gasteiger partial charge in [0, 0.05) is 32.5 Å². The van der Waals surface area contributed by atoms with E-state index in [2.05, 4.69) is 120 Å². The van der Waals surface area contributed by atoms with Crippen LogP contribution in [0.4, 0.5) is 22.7 Å². The fourth-order valence-electron chi connectivity index (χ4n) is 4.43. The lowest BCUT2D eigenvalue weighted by atomic mass is 10.0. The highest BCUT2D eigenvalue weighted by Crippen LogP contribution is 2.46. The number of thiophene rings is 1. The molecule has 0 unspecified atom stereocenters. The molecule has 6 aromatic rings. The first-order valence-corrected chi connectivity index (χ1v) is 11.8. The molecule has 6 rings (SSSR count). The second-order valence-electron chi connectivity index (χ2n) is 8.10. The molecule has 0 bridgehead atoms. The van der Waals surface area contributed by atoms with E-state index >= 15 is 0 Å². The Morgan fingerprint density at radius 2 is 1.15 bits per heavy atom. The Balaban J connectivity index is 1.57. The number of anilines is 4. The number of benzene rings is 5. The molecule has 0 radical (unpaired) electrons. The van der Waals surface area contributed by atoms with Gasteiger partial charge in [-0.1, -0.05) is 78.9 Å². The maximum atomic E-state index is 6.45. The molecule has 0 aliphatic rings. The monoisotopic (exact) mass is 442 g/mol. The molecule has 2 nitrogen and oxygen atoms in total. The van der Waals surface area contributed by atoms with E-state index in [0.717, 1.165) is 22.7 Å². The lowest BCUT2D eigenvalue weighted by molar-refractivity contribution is 1.30. The lowest BCUT2D eigenvalue weighted by Gasteiger charge is -2.26. The van der Waals surface area contributed by atoms with Crippen LogP contribution in [0.25, 0.3) is 31.3 Å². The average molecular weight is 443 g/mol. The SMILES string of the molecule is Nc1cc(N(c2ccccc2)c2ccc(-c3ccccc3)cc2)c2sc3ccccc3c2c1. The molecule has 1 heterocycles. The Morgan fingerprint density at radius 1 is 0.545 bits per heavy atom. The summed E-state index contributed by atoms with van der Waals surface area (Å²) in [5.74, 6) is 0. The Bertz CT molecular complexity index is 1550. The third-order valence-corrected chi connectivity index (χ3v) is 7.18. The molecular formula is C30H22N2S. The quantitative estimate of drug-likeness (QED) is 0.276. The number of rotatable bonds is 4. The molecule has 3 heteroatoms. The first-order chi connectivity index (χ1) is 16.3. The molecule has 0 aliphatic carbocycles. The summed E-state index contributed by atoms with van der Waals surface area (Å²) in [6.45, 7) is 0. The smallest absolute Gasteiger partial charge is 0.0660 e. The first kappa shape index (κ1) is 19.6. The van der Waals surface area contributed by atoms with Crippen LogP contribution in [0, 0.1) is 0 Å². The molecule has 5 aromatic carbocycles. The summed E-state index contributed by atoms with van der Waals surface area (Å²) in [6, 6.07) is 42.5. The molecule has 0 aliphatic heterocycles. The Kier molecular flexibility index (Phi) is 4.82. The van der Waals surface area contributed by atoms with E-state index in [1.54, 1.807) is 0 Å². The van der Waals surface area contributed by atoms with Gasteiger partial charge in [-0.2, -0.15) is 0 Å². The van der Waals surface area contributed by atoms with Crippen molar-refractivity contribution in [3.8, 4) is 11.1 Å². The van der Waals surface area contributed by atoms with Crippen molar-refractivity contribution in [3.05, 3.63) is 121 Å². The molecular weight excluding hydrogens is 420 g/mol. The maximum Gasteiger partial charge on any atom is 0.0660 e. The highest BCUT2D eigenvalue weighted by molar-refractivity contribution is 7.26. The van der Waals surface area contributed by atoms with E-state index in [-0.39, 0.29) is 0 Å². The highest BCUT2D eigenvalue weighted by Gasteiger charge is 2.18. The predicted octanol–water partition coefficient (Wildman–Crippen LogP) is 8.77. The van der Waals surface area contributed by atoms with Gasteiger partial charge in [-0.15, -0.1) is 11.3 Å². The van der Waals surface area contributed by atoms with Gasteiger partial charge < -0.3 is 10.6 Å². The third-order valence-electron chi connectivity index (χ3n) is 5.97. The standard InChI is InChI=1S/C30H22N2S/c31-23-19-27-26-13-7-8-14-29(26)33-30(27)28(20-23)32(24-11-5-2-6-12-24)25-17-15-22(16-18-25)21-9-3-1-4-10-21/h1-20H,31H2. The number of hydrogen-bond donors (Lipinski definition) is 1. The van der Waals surface area contributed by atoms with Crippen molar-refractivity contribution < 1.29 is 0 Å². The van der Waals surface area contributed by atoms with E-state index in [1.165, 1.54) is 31.3 Å². The lowest BCUT2D eigenvalue weighted by Crippen LogP contribution is -2.10. The summed E-state index contributed by atoms with van der Waals surface area (Å²) in [7, 11) is 0. The molecule has 0 saturated carbocycles. The van der Waals surface area contributed by atoms with Crippen molar-refractivity contribution in [1.29, 1.82) is 0 Å². The molecule has 0 fully saturated rings. The molecule has 158 valence electrons. The number of fused-ring (bicyclic) bond motifs is 3. The minimum atomic E-state index is 0.767. The van der Waals surface area contributed by atoms with Gasteiger partial charge >= 0.3 is 0 Å². The van der Waals surface area contributed by atoms with Crippen molar-refractivity contribution in [2.75, 3.05) is 10.6 Å². The van der Waals surface area contributed by atoms with Crippen LogP contribution in [0.15, 0.2) is 121 Å². The summed E-state index contributed by atoms with van der Waals surface area (Å²) in [5, 5.41) is 2.45. The second kappa shape index (κ2) is 8.12. The minimum absolute atomic E-state index is 0.767. The van der Waals surface area contributed by atoms with Crippen molar-refractivity contribution in [2.24, 2.45) is 0 Å². The van der Waals surface area contributed by atoms with Crippen molar-refractivity contribution >= 4 is 54.3 Å². The first-order valence-electron chi connectivity index (χ1n) is 11.0. The normalized spacial score (nSPS) is 11.2. The van der Waals surface area contributed by atoms with Crippen LogP contribution in [0.5, 0.6) is 0 Å². The number of nitrogen functional groups attached to an aromatic ring is 1. The summed E-state index contributed by atoms with van der Waals surface area (Å²) >= 11 is 1.82. The van der Waals surface area contributed by atoms with Gasteiger partial charge in [-0.3, -0.25) is 0 Å². The molecule has 1 aromatic heterocycles.